The Labute approximate surface area is 84.6 Å². The van der Waals surface area contributed by atoms with Gasteiger partial charge in [0.1, 0.15) is 19.3 Å². The van der Waals surface area contributed by atoms with Crippen molar-refractivity contribution < 1.29 is 9.67 Å². The summed E-state index contributed by atoms with van der Waals surface area (Å²) in [5, 5.41) is 9.04. The van der Waals surface area contributed by atoms with Crippen LogP contribution >= 0.6 is 0 Å². The lowest BCUT2D eigenvalue weighted by Crippen LogP contribution is -2.34. The van der Waals surface area contributed by atoms with Crippen molar-refractivity contribution in [1.82, 2.24) is 0 Å². The summed E-state index contributed by atoms with van der Waals surface area (Å²) in [6.07, 6.45) is 4.69. The number of hydrogen-bond donors (Lipinski definition) is 1. The SMILES string of the molecule is C[n+]1cc(N2CCCC2)ccc1CO. The smallest absolute Gasteiger partial charge is 0.206 e. The second kappa shape index (κ2) is 3.96. The zero-order valence-corrected chi connectivity index (χ0v) is 8.61. The molecule has 2 rings (SSSR count). The largest absolute Gasteiger partial charge is 0.385 e. The minimum atomic E-state index is 0.108. The summed E-state index contributed by atoms with van der Waals surface area (Å²) in [6.45, 7) is 2.44. The van der Waals surface area contributed by atoms with Crippen LogP contribution in [0, 0.1) is 0 Å². The van der Waals surface area contributed by atoms with Crippen LogP contribution < -0.4 is 9.47 Å². The fourth-order valence-corrected chi connectivity index (χ4v) is 1.95. The van der Waals surface area contributed by atoms with Gasteiger partial charge in [0.2, 0.25) is 5.69 Å². The first-order chi connectivity index (χ1) is 6.81. The van der Waals surface area contributed by atoms with Crippen LogP contribution in [0.1, 0.15) is 18.5 Å². The van der Waals surface area contributed by atoms with Gasteiger partial charge in [-0.05, 0) is 18.9 Å². The Balaban J connectivity index is 2.23. The molecule has 76 valence electrons. The molecular weight excluding hydrogens is 176 g/mol. The molecular formula is C11H17N2O+. The van der Waals surface area contributed by atoms with Gasteiger partial charge in [-0.2, -0.15) is 0 Å². The lowest BCUT2D eigenvalue weighted by molar-refractivity contribution is -0.680. The van der Waals surface area contributed by atoms with Gasteiger partial charge >= 0.3 is 0 Å². The van der Waals surface area contributed by atoms with Crippen LogP contribution in [0.5, 0.6) is 0 Å². The Hall–Kier alpha value is -1.09. The van der Waals surface area contributed by atoms with Gasteiger partial charge in [-0.3, -0.25) is 0 Å². The van der Waals surface area contributed by atoms with Crippen molar-refractivity contribution in [3.8, 4) is 0 Å². The fraction of sp³-hybridized carbons (Fsp3) is 0.545. The maximum atomic E-state index is 9.04. The Bertz CT molecular complexity index is 319. The van der Waals surface area contributed by atoms with Crippen molar-refractivity contribution in [1.29, 1.82) is 0 Å². The summed E-state index contributed by atoms with van der Waals surface area (Å²) < 4.78 is 1.99. The van der Waals surface area contributed by atoms with Gasteiger partial charge in [0.05, 0.1) is 0 Å². The zero-order chi connectivity index (χ0) is 9.97. The lowest BCUT2D eigenvalue weighted by Gasteiger charge is -2.15. The van der Waals surface area contributed by atoms with E-state index in [4.69, 9.17) is 5.11 Å². The van der Waals surface area contributed by atoms with Gasteiger partial charge in [-0.25, -0.2) is 4.57 Å². The third-order valence-electron chi connectivity index (χ3n) is 2.86. The number of rotatable bonds is 2. The van der Waals surface area contributed by atoms with Crippen LogP contribution in [0.3, 0.4) is 0 Å². The molecule has 1 saturated heterocycles. The summed E-state index contributed by atoms with van der Waals surface area (Å²) in [7, 11) is 1.98. The van der Waals surface area contributed by atoms with Crippen molar-refractivity contribution >= 4 is 5.69 Å². The Morgan fingerprint density at radius 1 is 1.36 bits per heavy atom. The third-order valence-corrected chi connectivity index (χ3v) is 2.86. The average Bonchev–Trinajstić information content (AvgIpc) is 2.70. The topological polar surface area (TPSA) is 27.4 Å². The van der Waals surface area contributed by atoms with E-state index in [2.05, 4.69) is 17.2 Å². The van der Waals surface area contributed by atoms with Crippen LogP contribution in [0.4, 0.5) is 5.69 Å². The van der Waals surface area contributed by atoms with E-state index in [1.807, 2.05) is 17.7 Å². The first kappa shape index (κ1) is 9.46. The van der Waals surface area contributed by atoms with Crippen molar-refractivity contribution in [3.63, 3.8) is 0 Å². The van der Waals surface area contributed by atoms with E-state index < -0.39 is 0 Å². The summed E-state index contributed by atoms with van der Waals surface area (Å²) in [6, 6.07) is 4.09. The fourth-order valence-electron chi connectivity index (χ4n) is 1.95. The normalized spacial score (nSPS) is 16.3. The third kappa shape index (κ3) is 1.73. The predicted molar refractivity (Wildman–Crippen MR) is 55.0 cm³/mol. The molecule has 2 heterocycles. The molecule has 1 N–H and O–H groups in total. The number of aliphatic hydroxyl groups is 1. The molecule has 0 bridgehead atoms. The lowest BCUT2D eigenvalue weighted by atomic mass is 10.3. The van der Waals surface area contributed by atoms with Gasteiger partial charge < -0.3 is 10.0 Å². The van der Waals surface area contributed by atoms with Crippen LogP contribution in [-0.2, 0) is 13.7 Å². The molecule has 0 atom stereocenters. The summed E-state index contributed by atoms with van der Waals surface area (Å²) in [4.78, 5) is 2.39. The molecule has 1 aromatic rings. The Kier molecular flexibility index (Phi) is 2.68. The summed E-state index contributed by atoms with van der Waals surface area (Å²) in [5.41, 5.74) is 2.22. The number of pyridine rings is 1. The Morgan fingerprint density at radius 3 is 2.64 bits per heavy atom. The summed E-state index contributed by atoms with van der Waals surface area (Å²) in [5.74, 6) is 0. The molecule has 0 aromatic carbocycles. The molecule has 0 unspecified atom stereocenters. The van der Waals surface area contributed by atoms with Crippen molar-refractivity contribution in [3.05, 3.63) is 24.0 Å². The molecule has 3 nitrogen and oxygen atoms in total. The van der Waals surface area contributed by atoms with E-state index in [1.54, 1.807) is 0 Å². The minimum Gasteiger partial charge on any atom is -0.385 e. The highest BCUT2D eigenvalue weighted by atomic mass is 16.3. The van der Waals surface area contributed by atoms with Crippen molar-refractivity contribution in [2.45, 2.75) is 19.4 Å². The van der Waals surface area contributed by atoms with Gasteiger partial charge in [-0.15, -0.1) is 0 Å². The average molecular weight is 193 g/mol. The highest BCUT2D eigenvalue weighted by Crippen LogP contribution is 2.18. The van der Waals surface area contributed by atoms with E-state index in [0.717, 1.165) is 5.69 Å². The first-order valence-corrected chi connectivity index (χ1v) is 5.15. The predicted octanol–water partition coefficient (Wildman–Crippen LogP) is 0.604. The van der Waals surface area contributed by atoms with Crippen LogP contribution in [0.2, 0.25) is 0 Å². The van der Waals surface area contributed by atoms with Gasteiger partial charge in [0, 0.05) is 19.2 Å². The highest BCUT2D eigenvalue weighted by Gasteiger charge is 2.15. The molecule has 0 aliphatic carbocycles. The van der Waals surface area contributed by atoms with Crippen molar-refractivity contribution in [2.24, 2.45) is 7.05 Å². The quantitative estimate of drug-likeness (QED) is 0.697. The minimum absolute atomic E-state index is 0.108. The van der Waals surface area contributed by atoms with Crippen molar-refractivity contribution in [2.75, 3.05) is 18.0 Å². The number of anilines is 1. The van der Waals surface area contributed by atoms with Gasteiger partial charge in [-0.1, -0.05) is 0 Å². The maximum absolute atomic E-state index is 9.04. The second-order valence-electron chi connectivity index (χ2n) is 3.84. The summed E-state index contributed by atoms with van der Waals surface area (Å²) >= 11 is 0. The molecule has 1 fully saturated rings. The molecule has 1 aliphatic heterocycles. The van der Waals surface area contributed by atoms with E-state index >= 15 is 0 Å². The highest BCUT2D eigenvalue weighted by molar-refractivity contribution is 5.43. The molecule has 0 radical (unpaired) electrons. The van der Waals surface area contributed by atoms with Gasteiger partial charge in [0.15, 0.2) is 6.20 Å². The van der Waals surface area contributed by atoms with E-state index in [1.165, 1.54) is 31.6 Å². The monoisotopic (exact) mass is 193 g/mol. The molecule has 0 amide bonds. The molecule has 1 aromatic heterocycles. The first-order valence-electron chi connectivity index (χ1n) is 5.15. The number of aliphatic hydroxyl groups excluding tert-OH is 1. The van der Waals surface area contributed by atoms with E-state index in [9.17, 15) is 0 Å². The van der Waals surface area contributed by atoms with Gasteiger partial charge in [0.25, 0.3) is 0 Å². The second-order valence-corrected chi connectivity index (χ2v) is 3.84. The van der Waals surface area contributed by atoms with E-state index in [0.29, 0.717) is 0 Å². The zero-order valence-electron chi connectivity index (χ0n) is 8.61. The molecule has 3 heteroatoms. The number of hydrogen-bond acceptors (Lipinski definition) is 2. The van der Waals surface area contributed by atoms with Crippen LogP contribution in [0.25, 0.3) is 0 Å². The molecule has 1 aliphatic rings. The maximum Gasteiger partial charge on any atom is 0.206 e. The van der Waals surface area contributed by atoms with Crippen LogP contribution in [0.15, 0.2) is 18.3 Å². The standard InChI is InChI=1S/C11H17N2O/c1-12-8-10(4-5-11(12)9-14)13-6-2-3-7-13/h4-5,8,14H,2-3,6-7,9H2,1H3/q+1. The number of nitrogens with zero attached hydrogens (tertiary/aromatic N) is 2. The molecule has 0 spiro atoms. The molecule has 14 heavy (non-hydrogen) atoms. The Morgan fingerprint density at radius 2 is 2.07 bits per heavy atom. The number of aryl methyl sites for hydroxylation is 1. The van der Waals surface area contributed by atoms with E-state index in [-0.39, 0.29) is 6.61 Å². The number of aromatic nitrogens is 1. The molecule has 0 saturated carbocycles. The van der Waals surface area contributed by atoms with Crippen LogP contribution in [-0.4, -0.2) is 18.2 Å².